The molecular formula is C15H19FN2O5. The van der Waals surface area contributed by atoms with Crippen molar-refractivity contribution in [1.82, 2.24) is 5.32 Å². The molecule has 0 saturated heterocycles. The number of carbonyl (C=O) groups excluding carboxylic acids is 1. The van der Waals surface area contributed by atoms with Crippen LogP contribution in [0.25, 0.3) is 0 Å². The number of nitro groups is 1. The molecule has 8 heteroatoms. The van der Waals surface area contributed by atoms with Gasteiger partial charge in [0.05, 0.1) is 16.5 Å². The second-order valence-electron chi connectivity index (χ2n) is 6.57. The lowest BCUT2D eigenvalue weighted by Crippen LogP contribution is -2.44. The number of amides is 1. The molecule has 0 radical (unpaired) electrons. The summed E-state index contributed by atoms with van der Waals surface area (Å²) in [5.74, 6) is -0.745. The Morgan fingerprint density at radius 2 is 2.09 bits per heavy atom. The highest BCUT2D eigenvalue weighted by molar-refractivity contribution is 5.69. The quantitative estimate of drug-likeness (QED) is 0.663. The van der Waals surface area contributed by atoms with Gasteiger partial charge in [-0.15, -0.1) is 0 Å². The highest BCUT2D eigenvalue weighted by atomic mass is 19.1. The van der Waals surface area contributed by atoms with Gasteiger partial charge in [0.1, 0.15) is 18.0 Å². The Bertz CT molecular complexity index is 623. The average Bonchev–Trinajstić information content (AvgIpc) is 3.15. The van der Waals surface area contributed by atoms with Crippen LogP contribution in [-0.2, 0) is 4.74 Å². The standard InChI is InChI=1S/C15H19FN2O5/c1-14(2,3)23-13(19)17-15(6-7-15)9-22-10-4-5-11(16)12(8-10)18(20)21/h4-5,8H,6-7,9H2,1-3H3,(H,17,19). The van der Waals surface area contributed by atoms with Gasteiger partial charge in [0.2, 0.25) is 5.82 Å². The first-order chi connectivity index (χ1) is 10.6. The van der Waals surface area contributed by atoms with E-state index in [4.69, 9.17) is 9.47 Å². The molecule has 23 heavy (non-hydrogen) atoms. The molecule has 1 aliphatic rings. The van der Waals surface area contributed by atoms with Crippen LogP contribution < -0.4 is 10.1 Å². The van der Waals surface area contributed by atoms with Crippen LogP contribution in [0.4, 0.5) is 14.9 Å². The molecule has 1 aromatic rings. The maximum absolute atomic E-state index is 13.3. The van der Waals surface area contributed by atoms with Crippen molar-refractivity contribution in [3.05, 3.63) is 34.1 Å². The summed E-state index contributed by atoms with van der Waals surface area (Å²) in [5, 5.41) is 13.5. The molecule has 1 aromatic carbocycles. The van der Waals surface area contributed by atoms with Gasteiger partial charge < -0.3 is 14.8 Å². The van der Waals surface area contributed by atoms with Crippen LogP contribution in [-0.4, -0.2) is 28.8 Å². The fourth-order valence-electron chi connectivity index (χ4n) is 1.92. The van der Waals surface area contributed by atoms with E-state index in [1.807, 2.05) is 0 Å². The third-order valence-electron chi connectivity index (χ3n) is 3.25. The number of ether oxygens (including phenoxy) is 2. The van der Waals surface area contributed by atoms with E-state index in [1.54, 1.807) is 20.8 Å². The monoisotopic (exact) mass is 326 g/mol. The van der Waals surface area contributed by atoms with E-state index < -0.39 is 33.7 Å². The molecule has 0 aliphatic heterocycles. The number of nitrogens with one attached hydrogen (secondary N) is 1. The summed E-state index contributed by atoms with van der Waals surface area (Å²) in [4.78, 5) is 21.7. The van der Waals surface area contributed by atoms with Crippen molar-refractivity contribution in [2.45, 2.75) is 44.8 Å². The summed E-state index contributed by atoms with van der Waals surface area (Å²) in [6, 6.07) is 3.32. The van der Waals surface area contributed by atoms with Crippen molar-refractivity contribution >= 4 is 11.8 Å². The zero-order valence-electron chi connectivity index (χ0n) is 13.2. The maximum Gasteiger partial charge on any atom is 0.408 e. The summed E-state index contributed by atoms with van der Waals surface area (Å²) in [6.45, 7) is 5.43. The van der Waals surface area contributed by atoms with Crippen LogP contribution in [0.2, 0.25) is 0 Å². The first-order valence-corrected chi connectivity index (χ1v) is 7.18. The second-order valence-corrected chi connectivity index (χ2v) is 6.57. The van der Waals surface area contributed by atoms with Gasteiger partial charge in [0.15, 0.2) is 0 Å². The van der Waals surface area contributed by atoms with Gasteiger partial charge in [-0.2, -0.15) is 4.39 Å². The van der Waals surface area contributed by atoms with Crippen molar-refractivity contribution in [2.24, 2.45) is 0 Å². The summed E-state index contributed by atoms with van der Waals surface area (Å²) in [7, 11) is 0. The second kappa shape index (κ2) is 6.02. The number of benzene rings is 1. The minimum absolute atomic E-state index is 0.134. The van der Waals surface area contributed by atoms with Gasteiger partial charge in [-0.25, -0.2) is 4.79 Å². The fourth-order valence-corrected chi connectivity index (χ4v) is 1.92. The minimum atomic E-state index is -0.921. The number of carbonyl (C=O) groups is 1. The molecule has 1 aliphatic carbocycles. The van der Waals surface area contributed by atoms with Crippen molar-refractivity contribution in [3.63, 3.8) is 0 Å². The van der Waals surface area contributed by atoms with E-state index >= 15 is 0 Å². The maximum atomic E-state index is 13.3. The topological polar surface area (TPSA) is 90.7 Å². The smallest absolute Gasteiger partial charge is 0.408 e. The Labute approximate surface area is 132 Å². The molecule has 1 fully saturated rings. The third-order valence-corrected chi connectivity index (χ3v) is 3.25. The van der Waals surface area contributed by atoms with E-state index in [0.29, 0.717) is 0 Å². The fraction of sp³-hybridized carbons (Fsp3) is 0.533. The van der Waals surface area contributed by atoms with Crippen LogP contribution >= 0.6 is 0 Å². The van der Waals surface area contributed by atoms with Crippen molar-refractivity contribution in [2.75, 3.05) is 6.61 Å². The summed E-state index contributed by atoms with van der Waals surface area (Å²) in [6.07, 6.45) is 0.897. The Morgan fingerprint density at radius 1 is 1.43 bits per heavy atom. The molecule has 0 heterocycles. The largest absolute Gasteiger partial charge is 0.491 e. The summed E-state index contributed by atoms with van der Waals surface area (Å²) < 4.78 is 23.9. The Hall–Kier alpha value is -2.38. The molecule has 7 nitrogen and oxygen atoms in total. The molecule has 1 saturated carbocycles. The zero-order valence-corrected chi connectivity index (χ0v) is 13.2. The lowest BCUT2D eigenvalue weighted by molar-refractivity contribution is -0.387. The summed E-state index contributed by atoms with van der Waals surface area (Å²) in [5.41, 5.74) is -1.78. The van der Waals surface area contributed by atoms with Gasteiger partial charge in [-0.3, -0.25) is 10.1 Å². The summed E-state index contributed by atoms with van der Waals surface area (Å²) >= 11 is 0. The van der Waals surface area contributed by atoms with E-state index in [1.165, 1.54) is 6.07 Å². The molecule has 1 N–H and O–H groups in total. The zero-order chi connectivity index (χ0) is 17.3. The highest BCUT2D eigenvalue weighted by Crippen LogP contribution is 2.36. The average molecular weight is 326 g/mol. The molecule has 0 unspecified atom stereocenters. The first-order valence-electron chi connectivity index (χ1n) is 7.18. The van der Waals surface area contributed by atoms with Crippen LogP contribution in [0, 0.1) is 15.9 Å². The van der Waals surface area contributed by atoms with E-state index in [-0.39, 0.29) is 12.4 Å². The van der Waals surface area contributed by atoms with Gasteiger partial charge in [0, 0.05) is 0 Å². The first kappa shape index (κ1) is 17.0. The number of nitrogens with zero attached hydrogens (tertiary/aromatic N) is 1. The van der Waals surface area contributed by atoms with Crippen molar-refractivity contribution in [3.8, 4) is 5.75 Å². The van der Waals surface area contributed by atoms with Crippen LogP contribution in [0.1, 0.15) is 33.6 Å². The third kappa shape index (κ3) is 4.80. The lowest BCUT2D eigenvalue weighted by Gasteiger charge is -2.23. The molecule has 2 rings (SSSR count). The number of alkyl carbamates (subject to hydrolysis) is 1. The molecular weight excluding hydrogens is 307 g/mol. The van der Waals surface area contributed by atoms with Gasteiger partial charge in [-0.1, -0.05) is 0 Å². The molecule has 1 amide bonds. The molecule has 0 spiro atoms. The predicted octanol–water partition coefficient (Wildman–Crippen LogP) is 3.17. The van der Waals surface area contributed by atoms with Crippen LogP contribution in [0.15, 0.2) is 18.2 Å². The minimum Gasteiger partial charge on any atom is -0.491 e. The normalized spacial score (nSPS) is 15.7. The number of nitro benzene ring substituents is 1. The van der Waals surface area contributed by atoms with Crippen LogP contribution in [0.3, 0.4) is 0 Å². The van der Waals surface area contributed by atoms with Gasteiger partial charge in [-0.05, 0) is 45.7 Å². The van der Waals surface area contributed by atoms with E-state index in [0.717, 1.165) is 25.0 Å². The number of rotatable bonds is 5. The Kier molecular flexibility index (Phi) is 4.44. The number of halogens is 1. The SMILES string of the molecule is CC(C)(C)OC(=O)NC1(COc2ccc(F)c([N+](=O)[O-])c2)CC1. The Balaban J connectivity index is 1.94. The lowest BCUT2D eigenvalue weighted by atomic mass is 10.2. The predicted molar refractivity (Wildman–Crippen MR) is 79.9 cm³/mol. The molecule has 0 bridgehead atoms. The van der Waals surface area contributed by atoms with E-state index in [2.05, 4.69) is 5.32 Å². The Morgan fingerprint density at radius 3 is 2.61 bits per heavy atom. The van der Waals surface area contributed by atoms with Gasteiger partial charge >= 0.3 is 11.8 Å². The van der Waals surface area contributed by atoms with Crippen molar-refractivity contribution in [1.29, 1.82) is 0 Å². The number of hydrogen-bond donors (Lipinski definition) is 1. The molecule has 0 atom stereocenters. The van der Waals surface area contributed by atoms with Crippen LogP contribution in [0.5, 0.6) is 5.75 Å². The number of hydrogen-bond acceptors (Lipinski definition) is 5. The molecule has 126 valence electrons. The molecule has 0 aromatic heterocycles. The van der Waals surface area contributed by atoms with Crippen molar-refractivity contribution < 1.29 is 23.6 Å². The van der Waals surface area contributed by atoms with E-state index in [9.17, 15) is 19.3 Å². The highest BCUT2D eigenvalue weighted by Gasteiger charge is 2.46. The van der Waals surface area contributed by atoms with Gasteiger partial charge in [0.25, 0.3) is 0 Å².